The van der Waals surface area contributed by atoms with Crippen LogP contribution in [0.1, 0.15) is 39.0 Å². The van der Waals surface area contributed by atoms with Crippen molar-refractivity contribution < 1.29 is 4.74 Å². The molecule has 0 radical (unpaired) electrons. The van der Waals surface area contributed by atoms with Crippen molar-refractivity contribution >= 4 is 0 Å². The molecule has 0 heterocycles. The molecule has 2 aliphatic rings. The highest BCUT2D eigenvalue weighted by atomic mass is 16.5. The van der Waals surface area contributed by atoms with E-state index < -0.39 is 0 Å². The van der Waals surface area contributed by atoms with Crippen molar-refractivity contribution in [2.45, 2.75) is 51.2 Å². The van der Waals surface area contributed by atoms with Gasteiger partial charge in [0.2, 0.25) is 0 Å². The number of nitrogens with two attached hydrogens (primary N) is 1. The standard InChI is InChI=1S/C12H23NO/c1-8-9(6-7-11(8)13)10-4-3-5-12(10)14-2/h8-12H,3-7,13H2,1-2H3. The van der Waals surface area contributed by atoms with Gasteiger partial charge in [-0.05, 0) is 43.4 Å². The molecule has 2 fully saturated rings. The number of methoxy groups -OCH3 is 1. The van der Waals surface area contributed by atoms with Gasteiger partial charge in [0, 0.05) is 13.2 Å². The van der Waals surface area contributed by atoms with Gasteiger partial charge < -0.3 is 10.5 Å². The van der Waals surface area contributed by atoms with Gasteiger partial charge in [0.05, 0.1) is 6.10 Å². The van der Waals surface area contributed by atoms with Gasteiger partial charge in [-0.15, -0.1) is 0 Å². The van der Waals surface area contributed by atoms with Gasteiger partial charge in [-0.1, -0.05) is 13.3 Å². The Kier molecular flexibility index (Phi) is 3.13. The Bertz CT molecular complexity index is 193. The molecule has 0 aromatic rings. The molecule has 0 aromatic heterocycles. The number of hydrogen-bond acceptors (Lipinski definition) is 2. The van der Waals surface area contributed by atoms with Crippen LogP contribution in [0.5, 0.6) is 0 Å². The molecule has 2 N–H and O–H groups in total. The lowest BCUT2D eigenvalue weighted by Crippen LogP contribution is -2.31. The monoisotopic (exact) mass is 197 g/mol. The smallest absolute Gasteiger partial charge is 0.0602 e. The third-order valence-electron chi connectivity index (χ3n) is 4.54. The third kappa shape index (κ3) is 1.70. The van der Waals surface area contributed by atoms with Gasteiger partial charge in [-0.3, -0.25) is 0 Å². The summed E-state index contributed by atoms with van der Waals surface area (Å²) in [6.07, 6.45) is 7.04. The average molecular weight is 197 g/mol. The second-order valence-electron chi connectivity index (χ2n) is 5.13. The molecule has 2 aliphatic carbocycles. The summed E-state index contributed by atoms with van der Waals surface area (Å²) in [5.74, 6) is 2.33. The fraction of sp³-hybridized carbons (Fsp3) is 1.00. The fourth-order valence-corrected chi connectivity index (χ4v) is 3.57. The van der Waals surface area contributed by atoms with Gasteiger partial charge in [0.15, 0.2) is 0 Å². The average Bonchev–Trinajstić information content (AvgIpc) is 2.75. The summed E-state index contributed by atoms with van der Waals surface area (Å²) in [7, 11) is 1.86. The van der Waals surface area contributed by atoms with Crippen molar-refractivity contribution in [1.29, 1.82) is 0 Å². The summed E-state index contributed by atoms with van der Waals surface area (Å²) in [6.45, 7) is 2.33. The first-order valence-corrected chi connectivity index (χ1v) is 6.02. The van der Waals surface area contributed by atoms with E-state index in [1.165, 1.54) is 32.1 Å². The second kappa shape index (κ2) is 4.19. The highest BCUT2D eigenvalue weighted by molar-refractivity contribution is 4.93. The molecule has 0 bridgehead atoms. The van der Waals surface area contributed by atoms with Crippen LogP contribution in [0.25, 0.3) is 0 Å². The van der Waals surface area contributed by atoms with Gasteiger partial charge >= 0.3 is 0 Å². The first kappa shape index (κ1) is 10.4. The Morgan fingerprint density at radius 1 is 1.07 bits per heavy atom. The summed E-state index contributed by atoms with van der Waals surface area (Å²) < 4.78 is 5.58. The van der Waals surface area contributed by atoms with Crippen molar-refractivity contribution in [2.24, 2.45) is 23.5 Å². The van der Waals surface area contributed by atoms with E-state index in [1.807, 2.05) is 7.11 Å². The van der Waals surface area contributed by atoms with E-state index in [0.29, 0.717) is 18.1 Å². The molecule has 5 unspecified atom stereocenters. The van der Waals surface area contributed by atoms with Crippen LogP contribution >= 0.6 is 0 Å². The van der Waals surface area contributed by atoms with Crippen LogP contribution in [0.15, 0.2) is 0 Å². The zero-order valence-corrected chi connectivity index (χ0v) is 9.41. The minimum Gasteiger partial charge on any atom is -0.381 e. The SMILES string of the molecule is COC1CCCC1C1CCC(N)C1C. The lowest BCUT2D eigenvalue weighted by molar-refractivity contribution is 0.0395. The topological polar surface area (TPSA) is 35.2 Å². The predicted octanol–water partition coefficient (Wildman–Crippen LogP) is 2.17. The maximum absolute atomic E-state index is 6.08. The third-order valence-corrected chi connectivity index (χ3v) is 4.54. The van der Waals surface area contributed by atoms with Gasteiger partial charge in [-0.25, -0.2) is 0 Å². The molecule has 2 heteroatoms. The van der Waals surface area contributed by atoms with E-state index >= 15 is 0 Å². The summed E-state index contributed by atoms with van der Waals surface area (Å²) in [6, 6.07) is 0.443. The Morgan fingerprint density at radius 2 is 1.86 bits per heavy atom. The Labute approximate surface area is 87.2 Å². The summed E-state index contributed by atoms with van der Waals surface area (Å²) in [5.41, 5.74) is 6.08. The molecule has 14 heavy (non-hydrogen) atoms. The molecule has 2 rings (SSSR count). The van der Waals surface area contributed by atoms with Gasteiger partial charge in [-0.2, -0.15) is 0 Å². The highest BCUT2D eigenvalue weighted by Crippen LogP contribution is 2.44. The predicted molar refractivity (Wildman–Crippen MR) is 58.0 cm³/mol. The molecule has 0 aromatic carbocycles. The molecule has 0 spiro atoms. The van der Waals surface area contributed by atoms with Crippen molar-refractivity contribution in [1.82, 2.24) is 0 Å². The largest absolute Gasteiger partial charge is 0.381 e. The van der Waals surface area contributed by atoms with Crippen LogP contribution in [-0.2, 0) is 4.74 Å². The number of ether oxygens (including phenoxy) is 1. The molecule has 0 amide bonds. The normalized spacial score (nSPS) is 48.6. The zero-order valence-electron chi connectivity index (χ0n) is 9.41. The maximum atomic E-state index is 6.08. The fourth-order valence-electron chi connectivity index (χ4n) is 3.57. The second-order valence-corrected chi connectivity index (χ2v) is 5.13. The molecule has 2 nitrogen and oxygen atoms in total. The van der Waals surface area contributed by atoms with Gasteiger partial charge in [0.25, 0.3) is 0 Å². The van der Waals surface area contributed by atoms with Crippen LogP contribution in [0, 0.1) is 17.8 Å². The molecular weight excluding hydrogens is 174 g/mol. The van der Waals surface area contributed by atoms with E-state index in [1.54, 1.807) is 0 Å². The zero-order chi connectivity index (χ0) is 10.1. The van der Waals surface area contributed by atoms with E-state index in [0.717, 1.165) is 11.8 Å². The van der Waals surface area contributed by atoms with Crippen molar-refractivity contribution in [3.8, 4) is 0 Å². The van der Waals surface area contributed by atoms with Crippen LogP contribution in [0.2, 0.25) is 0 Å². The lowest BCUT2D eigenvalue weighted by atomic mass is 9.82. The van der Waals surface area contributed by atoms with Gasteiger partial charge in [0.1, 0.15) is 0 Å². The molecular formula is C12H23NO. The summed E-state index contributed by atoms with van der Waals surface area (Å²) in [5, 5.41) is 0. The van der Waals surface area contributed by atoms with E-state index in [4.69, 9.17) is 10.5 Å². The Morgan fingerprint density at radius 3 is 2.43 bits per heavy atom. The number of rotatable bonds is 2. The van der Waals surface area contributed by atoms with E-state index in [-0.39, 0.29) is 0 Å². The lowest BCUT2D eigenvalue weighted by Gasteiger charge is -2.28. The molecule has 2 saturated carbocycles. The van der Waals surface area contributed by atoms with E-state index in [9.17, 15) is 0 Å². The quantitative estimate of drug-likeness (QED) is 0.736. The summed E-state index contributed by atoms with van der Waals surface area (Å²) in [4.78, 5) is 0. The van der Waals surface area contributed by atoms with Crippen LogP contribution < -0.4 is 5.73 Å². The van der Waals surface area contributed by atoms with Crippen molar-refractivity contribution in [3.05, 3.63) is 0 Å². The van der Waals surface area contributed by atoms with Crippen molar-refractivity contribution in [2.75, 3.05) is 7.11 Å². The Hall–Kier alpha value is -0.0800. The molecule has 82 valence electrons. The minimum atomic E-state index is 0.443. The first-order chi connectivity index (χ1) is 6.74. The summed E-state index contributed by atoms with van der Waals surface area (Å²) >= 11 is 0. The van der Waals surface area contributed by atoms with Crippen LogP contribution in [-0.4, -0.2) is 19.3 Å². The van der Waals surface area contributed by atoms with Crippen molar-refractivity contribution in [3.63, 3.8) is 0 Å². The number of hydrogen-bond donors (Lipinski definition) is 1. The van der Waals surface area contributed by atoms with Crippen LogP contribution in [0.3, 0.4) is 0 Å². The molecule has 0 saturated heterocycles. The Balaban J connectivity index is 2.00. The highest BCUT2D eigenvalue weighted by Gasteiger charge is 2.41. The first-order valence-electron chi connectivity index (χ1n) is 6.02. The molecule has 0 aliphatic heterocycles. The minimum absolute atomic E-state index is 0.443. The van der Waals surface area contributed by atoms with Crippen LogP contribution in [0.4, 0.5) is 0 Å². The van der Waals surface area contributed by atoms with E-state index in [2.05, 4.69) is 6.92 Å². The molecule has 5 atom stereocenters. The maximum Gasteiger partial charge on any atom is 0.0602 e.